The van der Waals surface area contributed by atoms with E-state index in [1.165, 1.54) is 16.7 Å². The molecule has 1 aliphatic rings. The van der Waals surface area contributed by atoms with Crippen LogP contribution in [0.2, 0.25) is 0 Å². The Labute approximate surface area is 172 Å². The second-order valence-corrected chi connectivity index (χ2v) is 7.89. The van der Waals surface area contributed by atoms with E-state index in [2.05, 4.69) is 66.5 Å². The van der Waals surface area contributed by atoms with Crippen molar-refractivity contribution in [2.45, 2.75) is 44.2 Å². The predicted molar refractivity (Wildman–Crippen MR) is 119 cm³/mol. The number of benzene rings is 2. The van der Waals surface area contributed by atoms with Crippen molar-refractivity contribution in [2.24, 2.45) is 5.73 Å². The fraction of sp³-hybridized carbons (Fsp3) is 0.320. The largest absolute Gasteiger partial charge is 0.394 e. The number of nitrogens with two attached hydrogens (primary N) is 1. The van der Waals surface area contributed by atoms with E-state index in [1.807, 2.05) is 16.8 Å². The molecular weight excluding hydrogens is 358 g/mol. The van der Waals surface area contributed by atoms with Gasteiger partial charge in [0.05, 0.1) is 12.6 Å². The van der Waals surface area contributed by atoms with Gasteiger partial charge in [-0.15, -0.1) is 0 Å². The van der Waals surface area contributed by atoms with Gasteiger partial charge in [-0.1, -0.05) is 67.6 Å². The standard InChI is InChI=1S/C25H29N3O/c1-2-25-27-13-14-28(25)24(17-29)12-5-18-3-6-19(7-4-18)20-8-10-21(11-9-20)22-15-23(26)16-22/h3-14,22-24,29H,2,15-17,26H2,1H3/b12-5+/t22?,23?,24-/m0/s1. The lowest BCUT2D eigenvalue weighted by Crippen LogP contribution is -2.34. The SMILES string of the molecule is CCc1nccn1[C@@H](/C=C/c1ccc(-c2ccc(C3CC(N)C3)cc2)cc1)CO. The molecule has 1 fully saturated rings. The maximum absolute atomic E-state index is 9.78. The van der Waals surface area contributed by atoms with E-state index >= 15 is 0 Å². The predicted octanol–water partition coefficient (Wildman–Crippen LogP) is 4.56. The molecule has 0 spiro atoms. The molecule has 1 saturated carbocycles. The fourth-order valence-corrected chi connectivity index (χ4v) is 4.05. The lowest BCUT2D eigenvalue weighted by molar-refractivity contribution is 0.251. The molecule has 1 heterocycles. The highest BCUT2D eigenvalue weighted by molar-refractivity contribution is 5.66. The van der Waals surface area contributed by atoms with E-state index in [0.29, 0.717) is 12.0 Å². The number of aryl methyl sites for hydroxylation is 1. The van der Waals surface area contributed by atoms with Crippen molar-refractivity contribution in [1.82, 2.24) is 9.55 Å². The molecule has 2 aromatic carbocycles. The van der Waals surface area contributed by atoms with Crippen LogP contribution in [0.4, 0.5) is 0 Å². The third kappa shape index (κ3) is 4.34. The summed E-state index contributed by atoms with van der Waals surface area (Å²) in [4.78, 5) is 4.35. The van der Waals surface area contributed by atoms with E-state index in [1.54, 1.807) is 6.20 Å². The van der Waals surface area contributed by atoms with E-state index in [-0.39, 0.29) is 12.6 Å². The van der Waals surface area contributed by atoms with Crippen LogP contribution in [0, 0.1) is 0 Å². The maximum Gasteiger partial charge on any atom is 0.108 e. The van der Waals surface area contributed by atoms with Gasteiger partial charge in [0.25, 0.3) is 0 Å². The lowest BCUT2D eigenvalue weighted by atomic mass is 9.76. The van der Waals surface area contributed by atoms with Gasteiger partial charge in [-0.2, -0.15) is 0 Å². The maximum atomic E-state index is 9.78. The minimum Gasteiger partial charge on any atom is -0.394 e. The number of imidazole rings is 1. The average molecular weight is 388 g/mol. The lowest BCUT2D eigenvalue weighted by Gasteiger charge is -2.32. The van der Waals surface area contributed by atoms with Gasteiger partial charge in [-0.05, 0) is 41.0 Å². The summed E-state index contributed by atoms with van der Waals surface area (Å²) in [6.07, 6.45) is 10.9. The first-order chi connectivity index (χ1) is 14.2. The first kappa shape index (κ1) is 19.6. The monoisotopic (exact) mass is 387 g/mol. The molecule has 1 aliphatic carbocycles. The Morgan fingerprint density at radius 3 is 2.34 bits per heavy atom. The van der Waals surface area contributed by atoms with Crippen LogP contribution in [0.5, 0.6) is 0 Å². The zero-order valence-corrected chi connectivity index (χ0v) is 16.9. The van der Waals surface area contributed by atoms with Gasteiger partial charge in [-0.3, -0.25) is 0 Å². The highest BCUT2D eigenvalue weighted by Crippen LogP contribution is 2.36. The summed E-state index contributed by atoms with van der Waals surface area (Å²) < 4.78 is 2.03. The third-order valence-corrected chi connectivity index (χ3v) is 5.92. The molecule has 29 heavy (non-hydrogen) atoms. The van der Waals surface area contributed by atoms with Crippen LogP contribution in [0.15, 0.2) is 67.0 Å². The highest BCUT2D eigenvalue weighted by Gasteiger charge is 2.26. The van der Waals surface area contributed by atoms with Crippen LogP contribution >= 0.6 is 0 Å². The molecule has 3 N–H and O–H groups in total. The zero-order chi connectivity index (χ0) is 20.2. The third-order valence-electron chi connectivity index (χ3n) is 5.92. The Kier molecular flexibility index (Phi) is 5.93. The van der Waals surface area contributed by atoms with Crippen molar-refractivity contribution in [2.75, 3.05) is 6.61 Å². The van der Waals surface area contributed by atoms with E-state index in [4.69, 9.17) is 5.73 Å². The molecule has 0 amide bonds. The van der Waals surface area contributed by atoms with Crippen molar-refractivity contribution >= 4 is 6.08 Å². The minimum absolute atomic E-state index is 0.0518. The Bertz CT molecular complexity index is 950. The number of aliphatic hydroxyl groups excluding tert-OH is 1. The molecule has 4 nitrogen and oxygen atoms in total. The van der Waals surface area contributed by atoms with Gasteiger partial charge in [-0.25, -0.2) is 4.98 Å². The quantitative estimate of drug-likeness (QED) is 0.624. The Balaban J connectivity index is 1.44. The van der Waals surface area contributed by atoms with Crippen molar-refractivity contribution in [3.05, 3.63) is 84.0 Å². The Hall–Kier alpha value is -2.69. The van der Waals surface area contributed by atoms with Crippen molar-refractivity contribution in [3.8, 4) is 11.1 Å². The highest BCUT2D eigenvalue weighted by atomic mass is 16.3. The molecule has 0 unspecified atom stereocenters. The molecule has 0 bridgehead atoms. The van der Waals surface area contributed by atoms with Crippen LogP contribution in [-0.4, -0.2) is 27.3 Å². The first-order valence-electron chi connectivity index (χ1n) is 10.4. The zero-order valence-electron chi connectivity index (χ0n) is 16.9. The van der Waals surface area contributed by atoms with Gasteiger partial charge in [0.1, 0.15) is 5.82 Å². The molecule has 4 heteroatoms. The molecule has 150 valence electrons. The topological polar surface area (TPSA) is 64.1 Å². The van der Waals surface area contributed by atoms with Crippen molar-refractivity contribution in [1.29, 1.82) is 0 Å². The molecule has 3 aromatic rings. The van der Waals surface area contributed by atoms with E-state index in [9.17, 15) is 5.11 Å². The first-order valence-corrected chi connectivity index (χ1v) is 10.4. The normalized spacial score (nSPS) is 20.0. The second-order valence-electron chi connectivity index (χ2n) is 7.89. The molecule has 1 atom stereocenters. The number of aliphatic hydroxyl groups is 1. The summed E-state index contributed by atoms with van der Waals surface area (Å²) in [6, 6.07) is 17.7. The molecule has 0 saturated heterocycles. The molecular formula is C25H29N3O. The van der Waals surface area contributed by atoms with Gasteiger partial charge in [0.15, 0.2) is 0 Å². The van der Waals surface area contributed by atoms with Crippen LogP contribution in [0.3, 0.4) is 0 Å². The van der Waals surface area contributed by atoms with Crippen LogP contribution in [-0.2, 0) is 6.42 Å². The van der Waals surface area contributed by atoms with Gasteiger partial charge < -0.3 is 15.4 Å². The molecule has 0 aliphatic heterocycles. The molecule has 0 radical (unpaired) electrons. The summed E-state index contributed by atoms with van der Waals surface area (Å²) in [7, 11) is 0. The Morgan fingerprint density at radius 2 is 1.76 bits per heavy atom. The summed E-state index contributed by atoms with van der Waals surface area (Å²) >= 11 is 0. The van der Waals surface area contributed by atoms with Gasteiger partial charge in [0.2, 0.25) is 0 Å². The van der Waals surface area contributed by atoms with Crippen LogP contribution < -0.4 is 5.73 Å². The minimum atomic E-state index is -0.0979. The van der Waals surface area contributed by atoms with Crippen LogP contribution in [0.1, 0.15) is 48.7 Å². The van der Waals surface area contributed by atoms with Gasteiger partial charge in [0, 0.05) is 24.9 Å². The molecule has 1 aromatic heterocycles. The van der Waals surface area contributed by atoms with E-state index < -0.39 is 0 Å². The molecule has 4 rings (SSSR count). The number of nitrogens with zero attached hydrogens (tertiary/aromatic N) is 2. The van der Waals surface area contributed by atoms with Gasteiger partial charge >= 0.3 is 0 Å². The summed E-state index contributed by atoms with van der Waals surface area (Å²) in [6.45, 7) is 2.12. The summed E-state index contributed by atoms with van der Waals surface area (Å²) in [5.41, 5.74) is 10.9. The number of hydrogen-bond acceptors (Lipinski definition) is 3. The van der Waals surface area contributed by atoms with Crippen LogP contribution in [0.25, 0.3) is 17.2 Å². The number of aromatic nitrogens is 2. The second kappa shape index (κ2) is 8.76. The number of hydrogen-bond donors (Lipinski definition) is 2. The fourth-order valence-electron chi connectivity index (χ4n) is 4.05. The average Bonchev–Trinajstić information content (AvgIpc) is 3.21. The van der Waals surface area contributed by atoms with Crippen molar-refractivity contribution in [3.63, 3.8) is 0 Å². The Morgan fingerprint density at radius 1 is 1.10 bits per heavy atom. The summed E-state index contributed by atoms with van der Waals surface area (Å²) in [5.74, 6) is 1.62. The number of rotatable bonds is 7. The van der Waals surface area contributed by atoms with Crippen molar-refractivity contribution < 1.29 is 5.11 Å². The smallest absolute Gasteiger partial charge is 0.108 e. The van der Waals surface area contributed by atoms with E-state index in [0.717, 1.165) is 30.7 Å². The summed E-state index contributed by atoms with van der Waals surface area (Å²) in [5, 5.41) is 9.78.